The number of nitrogens with zero attached hydrogens (tertiary/aromatic N) is 1. The van der Waals surface area contributed by atoms with Gasteiger partial charge in [-0.3, -0.25) is 4.79 Å². The minimum Gasteiger partial charge on any atom is -0.302 e. The predicted octanol–water partition coefficient (Wildman–Crippen LogP) is 3.99. The molecule has 1 aromatic carbocycles. The summed E-state index contributed by atoms with van der Waals surface area (Å²) in [4.78, 5) is 16.2. The van der Waals surface area contributed by atoms with E-state index in [9.17, 15) is 4.79 Å². The Labute approximate surface area is 117 Å². The van der Waals surface area contributed by atoms with E-state index in [1.54, 1.807) is 11.3 Å². The molecule has 19 heavy (non-hydrogen) atoms. The highest BCUT2D eigenvalue weighted by Gasteiger charge is 2.30. The number of amides is 1. The van der Waals surface area contributed by atoms with Crippen molar-refractivity contribution in [3.63, 3.8) is 0 Å². The van der Waals surface area contributed by atoms with E-state index in [2.05, 4.69) is 35.4 Å². The molecule has 0 radical (unpaired) electrons. The topological polar surface area (TPSA) is 42.0 Å². The van der Waals surface area contributed by atoms with Gasteiger partial charge in [0.25, 0.3) is 0 Å². The van der Waals surface area contributed by atoms with Gasteiger partial charge in [0.2, 0.25) is 5.91 Å². The highest BCUT2D eigenvalue weighted by molar-refractivity contribution is 7.22. The maximum Gasteiger partial charge on any atom is 0.229 e. The lowest BCUT2D eigenvalue weighted by Gasteiger charge is -1.98. The van der Waals surface area contributed by atoms with E-state index in [0.717, 1.165) is 29.9 Å². The lowest BCUT2D eigenvalue weighted by molar-refractivity contribution is -0.117. The van der Waals surface area contributed by atoms with Gasteiger partial charge in [-0.05, 0) is 43.4 Å². The van der Waals surface area contributed by atoms with Crippen LogP contribution in [0.4, 0.5) is 5.13 Å². The molecule has 1 fully saturated rings. The first-order chi connectivity index (χ1) is 9.26. The molecule has 1 aliphatic rings. The molecule has 0 atom stereocenters. The molecular weight excluding hydrogens is 256 g/mol. The largest absolute Gasteiger partial charge is 0.302 e. The molecule has 0 spiro atoms. The molecule has 0 bridgehead atoms. The fourth-order valence-electron chi connectivity index (χ4n) is 2.11. The normalized spacial score (nSPS) is 14.8. The summed E-state index contributed by atoms with van der Waals surface area (Å²) < 4.78 is 1.17. The summed E-state index contributed by atoms with van der Waals surface area (Å²) in [6.07, 6.45) is 5.60. The van der Waals surface area contributed by atoms with Crippen LogP contribution >= 0.6 is 11.3 Å². The van der Waals surface area contributed by atoms with Crippen LogP contribution in [0.2, 0.25) is 0 Å². The van der Waals surface area contributed by atoms with Crippen LogP contribution in [0.15, 0.2) is 18.2 Å². The fourth-order valence-corrected chi connectivity index (χ4v) is 3.04. The number of aromatic nitrogens is 1. The molecule has 1 aromatic heterocycles. The molecule has 1 N–H and O–H groups in total. The highest BCUT2D eigenvalue weighted by Crippen LogP contribution is 2.32. The van der Waals surface area contributed by atoms with Gasteiger partial charge in [0.1, 0.15) is 0 Å². The second-order valence-corrected chi connectivity index (χ2v) is 6.22. The lowest BCUT2D eigenvalue weighted by atomic mass is 10.1. The number of nitrogens with one attached hydrogen (secondary N) is 1. The summed E-state index contributed by atoms with van der Waals surface area (Å²) in [5.74, 6) is 0.359. The van der Waals surface area contributed by atoms with Gasteiger partial charge in [-0.15, -0.1) is 0 Å². The molecule has 0 unspecified atom stereocenters. The molecule has 1 amide bonds. The van der Waals surface area contributed by atoms with Crippen LogP contribution in [0, 0.1) is 5.92 Å². The maximum absolute atomic E-state index is 11.7. The van der Waals surface area contributed by atoms with Gasteiger partial charge in [0.15, 0.2) is 5.13 Å². The van der Waals surface area contributed by atoms with E-state index in [1.165, 1.54) is 23.1 Å². The lowest BCUT2D eigenvalue weighted by Crippen LogP contribution is -2.12. The average Bonchev–Trinajstić information content (AvgIpc) is 3.17. The molecule has 1 heterocycles. The number of unbranched alkanes of at least 4 members (excludes halogenated alkanes) is 1. The minimum atomic E-state index is 0.130. The summed E-state index contributed by atoms with van der Waals surface area (Å²) in [7, 11) is 0. The summed E-state index contributed by atoms with van der Waals surface area (Å²) in [6.45, 7) is 2.21. The monoisotopic (exact) mass is 274 g/mol. The maximum atomic E-state index is 11.7. The second kappa shape index (κ2) is 5.29. The van der Waals surface area contributed by atoms with Crippen molar-refractivity contribution in [3.05, 3.63) is 23.8 Å². The summed E-state index contributed by atoms with van der Waals surface area (Å²) >= 11 is 1.58. The van der Waals surface area contributed by atoms with E-state index in [-0.39, 0.29) is 11.8 Å². The van der Waals surface area contributed by atoms with E-state index in [1.807, 2.05) is 0 Å². The predicted molar refractivity (Wildman–Crippen MR) is 79.6 cm³/mol. The Morgan fingerprint density at radius 3 is 3.05 bits per heavy atom. The van der Waals surface area contributed by atoms with Crippen molar-refractivity contribution in [3.8, 4) is 0 Å². The van der Waals surface area contributed by atoms with Crippen LogP contribution < -0.4 is 5.32 Å². The van der Waals surface area contributed by atoms with Gasteiger partial charge in [-0.25, -0.2) is 4.98 Å². The molecule has 100 valence electrons. The zero-order valence-corrected chi connectivity index (χ0v) is 11.9. The third-order valence-electron chi connectivity index (χ3n) is 3.45. The van der Waals surface area contributed by atoms with Crippen molar-refractivity contribution in [1.82, 2.24) is 4.98 Å². The first-order valence-corrected chi connectivity index (χ1v) is 7.78. The van der Waals surface area contributed by atoms with Crippen LogP contribution in [0.3, 0.4) is 0 Å². The van der Waals surface area contributed by atoms with E-state index < -0.39 is 0 Å². The van der Waals surface area contributed by atoms with Crippen molar-refractivity contribution in [2.45, 2.75) is 39.0 Å². The Bertz CT molecular complexity index is 601. The molecule has 0 saturated heterocycles. The number of anilines is 1. The SMILES string of the molecule is CCCCc1ccc2nc(NC(=O)C3CC3)sc2c1. The standard InChI is InChI=1S/C15H18N2OS/c1-2-3-4-10-5-8-12-13(9-10)19-15(16-12)17-14(18)11-6-7-11/h5,8-9,11H,2-4,6-7H2,1H3,(H,16,17,18). The summed E-state index contributed by atoms with van der Waals surface area (Å²) in [5, 5.41) is 3.66. The van der Waals surface area contributed by atoms with Crippen LogP contribution in [0.25, 0.3) is 10.2 Å². The molecule has 2 aromatic rings. The zero-order chi connectivity index (χ0) is 13.2. The molecule has 3 nitrogen and oxygen atoms in total. The number of carbonyl (C=O) groups is 1. The highest BCUT2D eigenvalue weighted by atomic mass is 32.1. The third kappa shape index (κ3) is 2.95. The first kappa shape index (κ1) is 12.6. The quantitative estimate of drug-likeness (QED) is 0.895. The van der Waals surface area contributed by atoms with Crippen LogP contribution in [0.1, 0.15) is 38.2 Å². The molecule has 4 heteroatoms. The molecule has 3 rings (SSSR count). The summed E-state index contributed by atoms with van der Waals surface area (Å²) in [5.41, 5.74) is 2.34. The number of fused-ring (bicyclic) bond motifs is 1. The van der Waals surface area contributed by atoms with Crippen molar-refractivity contribution < 1.29 is 4.79 Å². The van der Waals surface area contributed by atoms with Gasteiger partial charge in [0.05, 0.1) is 10.2 Å². The summed E-state index contributed by atoms with van der Waals surface area (Å²) in [6, 6.07) is 6.41. The van der Waals surface area contributed by atoms with Crippen LogP contribution in [0.5, 0.6) is 0 Å². The van der Waals surface area contributed by atoms with Gasteiger partial charge in [-0.1, -0.05) is 30.7 Å². The van der Waals surface area contributed by atoms with Crippen molar-refractivity contribution in [1.29, 1.82) is 0 Å². The Morgan fingerprint density at radius 1 is 1.47 bits per heavy atom. The van der Waals surface area contributed by atoms with Crippen LogP contribution in [-0.4, -0.2) is 10.9 Å². The number of hydrogen-bond donors (Lipinski definition) is 1. The Balaban J connectivity index is 1.77. The Hall–Kier alpha value is -1.42. The van der Waals surface area contributed by atoms with Gasteiger partial charge in [-0.2, -0.15) is 0 Å². The third-order valence-corrected chi connectivity index (χ3v) is 4.38. The number of carbonyl (C=O) groups excluding carboxylic acids is 1. The number of aryl methyl sites for hydroxylation is 1. The molecule has 1 saturated carbocycles. The average molecular weight is 274 g/mol. The number of rotatable bonds is 5. The van der Waals surface area contributed by atoms with Crippen molar-refractivity contribution >= 4 is 32.6 Å². The van der Waals surface area contributed by atoms with Crippen molar-refractivity contribution in [2.24, 2.45) is 5.92 Å². The molecule has 0 aliphatic heterocycles. The number of benzene rings is 1. The van der Waals surface area contributed by atoms with E-state index in [4.69, 9.17) is 0 Å². The number of thiazole rings is 1. The first-order valence-electron chi connectivity index (χ1n) is 6.96. The second-order valence-electron chi connectivity index (χ2n) is 5.19. The van der Waals surface area contributed by atoms with E-state index >= 15 is 0 Å². The molecule has 1 aliphatic carbocycles. The fraction of sp³-hybridized carbons (Fsp3) is 0.467. The van der Waals surface area contributed by atoms with E-state index in [0.29, 0.717) is 0 Å². The zero-order valence-electron chi connectivity index (χ0n) is 11.1. The molecular formula is C15H18N2OS. The van der Waals surface area contributed by atoms with Crippen LogP contribution in [-0.2, 0) is 11.2 Å². The Kier molecular flexibility index (Phi) is 3.51. The van der Waals surface area contributed by atoms with Gasteiger partial charge in [0, 0.05) is 5.92 Å². The minimum absolute atomic E-state index is 0.130. The number of hydrogen-bond acceptors (Lipinski definition) is 3. The Morgan fingerprint density at radius 2 is 2.32 bits per heavy atom. The van der Waals surface area contributed by atoms with Crippen molar-refractivity contribution in [2.75, 3.05) is 5.32 Å². The smallest absolute Gasteiger partial charge is 0.229 e. The van der Waals surface area contributed by atoms with Gasteiger partial charge >= 0.3 is 0 Å². The van der Waals surface area contributed by atoms with Gasteiger partial charge < -0.3 is 5.32 Å².